The van der Waals surface area contributed by atoms with Gasteiger partial charge < -0.3 is 9.80 Å². The Bertz CT molecular complexity index is 1100. The molecule has 0 saturated carbocycles. The number of aryl methyl sites for hydroxylation is 2. The lowest BCUT2D eigenvalue weighted by Gasteiger charge is -2.36. The first kappa shape index (κ1) is 20.5. The van der Waals surface area contributed by atoms with Gasteiger partial charge in [-0.3, -0.25) is 13.9 Å². The summed E-state index contributed by atoms with van der Waals surface area (Å²) in [7, 11) is 0. The smallest absolute Gasteiger partial charge is 0.329 e. The lowest BCUT2D eigenvalue weighted by atomic mass is 10.2. The number of rotatable bonds is 6. The Balaban J connectivity index is 1.41. The van der Waals surface area contributed by atoms with Gasteiger partial charge in [-0.2, -0.15) is 0 Å². The lowest BCUT2D eigenvalue weighted by Crippen LogP contribution is -2.49. The maximum Gasteiger partial charge on any atom is 0.329 e. The van der Waals surface area contributed by atoms with Crippen molar-refractivity contribution >= 4 is 34.2 Å². The van der Waals surface area contributed by atoms with Crippen LogP contribution in [0.15, 0.2) is 53.3 Å². The van der Waals surface area contributed by atoms with Crippen LogP contribution in [0.3, 0.4) is 0 Å². The molecule has 30 heavy (non-hydrogen) atoms. The largest absolute Gasteiger partial charge is 0.367 e. The normalized spacial score (nSPS) is 14.5. The van der Waals surface area contributed by atoms with Crippen molar-refractivity contribution in [2.75, 3.05) is 31.1 Å². The van der Waals surface area contributed by atoms with Crippen LogP contribution in [-0.2, 0) is 17.9 Å². The number of nitrogens with zero attached hydrogens (tertiary/aromatic N) is 4. The number of fused-ring (bicyclic) bond motifs is 1. The number of carbonyl (C=O) groups excluding carboxylic acids is 1. The van der Waals surface area contributed by atoms with Crippen LogP contribution in [0.2, 0.25) is 5.02 Å². The van der Waals surface area contributed by atoms with Gasteiger partial charge in [-0.25, -0.2) is 4.79 Å². The van der Waals surface area contributed by atoms with Crippen LogP contribution >= 0.6 is 11.6 Å². The van der Waals surface area contributed by atoms with Gasteiger partial charge in [0.15, 0.2) is 0 Å². The molecule has 6 nitrogen and oxygen atoms in total. The molecule has 3 aromatic rings. The number of hydrogen-bond acceptors (Lipinski definition) is 3. The Labute approximate surface area is 181 Å². The van der Waals surface area contributed by atoms with Crippen LogP contribution in [0.25, 0.3) is 11.0 Å². The molecular formula is C23H27ClN4O2. The highest BCUT2D eigenvalue weighted by Crippen LogP contribution is 2.26. The predicted octanol–water partition coefficient (Wildman–Crippen LogP) is 3.61. The van der Waals surface area contributed by atoms with E-state index in [2.05, 4.69) is 11.8 Å². The maximum atomic E-state index is 12.9. The number of halogens is 1. The fourth-order valence-corrected chi connectivity index (χ4v) is 4.45. The van der Waals surface area contributed by atoms with E-state index >= 15 is 0 Å². The Morgan fingerprint density at radius 2 is 1.50 bits per heavy atom. The Morgan fingerprint density at radius 1 is 0.900 bits per heavy atom. The minimum absolute atomic E-state index is 0.0330. The van der Waals surface area contributed by atoms with Crippen molar-refractivity contribution in [2.24, 2.45) is 0 Å². The van der Waals surface area contributed by atoms with Gasteiger partial charge in [0.1, 0.15) is 0 Å². The molecule has 1 aromatic heterocycles. The molecule has 0 bridgehead atoms. The summed E-state index contributed by atoms with van der Waals surface area (Å²) in [6.45, 7) is 5.98. The fourth-order valence-electron chi connectivity index (χ4n) is 4.20. The number of imidazole rings is 1. The molecule has 2 aromatic carbocycles. The van der Waals surface area contributed by atoms with E-state index in [0.29, 0.717) is 32.6 Å². The average molecular weight is 427 g/mol. The number of piperazine rings is 1. The minimum atomic E-state index is -0.0330. The fraction of sp³-hybridized carbons (Fsp3) is 0.391. The summed E-state index contributed by atoms with van der Waals surface area (Å²) >= 11 is 6.30. The molecule has 1 aliphatic rings. The van der Waals surface area contributed by atoms with Gasteiger partial charge in [-0.15, -0.1) is 0 Å². The SMILES string of the molecule is CCCn1c(=O)n(CCC(=O)N2CCN(c3ccccc3Cl)CC2)c2ccccc21. The van der Waals surface area contributed by atoms with Crippen LogP contribution in [0.4, 0.5) is 5.69 Å². The molecule has 1 fully saturated rings. The average Bonchev–Trinajstić information content (AvgIpc) is 3.04. The van der Waals surface area contributed by atoms with E-state index in [0.717, 1.165) is 41.3 Å². The van der Waals surface area contributed by atoms with E-state index in [1.807, 2.05) is 58.0 Å². The molecule has 1 aliphatic heterocycles. The van der Waals surface area contributed by atoms with E-state index in [1.165, 1.54) is 0 Å². The van der Waals surface area contributed by atoms with Crippen LogP contribution in [0.5, 0.6) is 0 Å². The minimum Gasteiger partial charge on any atom is -0.367 e. The summed E-state index contributed by atoms with van der Waals surface area (Å²) in [5.41, 5.74) is 2.81. The zero-order chi connectivity index (χ0) is 21.1. The molecule has 4 rings (SSSR count). The molecule has 0 spiro atoms. The second kappa shape index (κ2) is 8.96. The van der Waals surface area contributed by atoms with E-state index in [1.54, 1.807) is 4.57 Å². The third kappa shape index (κ3) is 3.97. The monoisotopic (exact) mass is 426 g/mol. The first-order valence-corrected chi connectivity index (χ1v) is 10.9. The summed E-state index contributed by atoms with van der Waals surface area (Å²) in [5.74, 6) is 0.0908. The molecule has 0 radical (unpaired) electrons. The number of amides is 1. The lowest BCUT2D eigenvalue weighted by molar-refractivity contribution is -0.131. The quantitative estimate of drug-likeness (QED) is 0.605. The molecule has 0 atom stereocenters. The standard InChI is InChI=1S/C23H27ClN4O2/c1-2-12-27-20-9-5-6-10-21(20)28(23(27)30)13-11-22(29)26-16-14-25(15-17-26)19-8-4-3-7-18(19)24/h3-10H,2,11-17H2,1H3. The van der Waals surface area contributed by atoms with Gasteiger partial charge in [0, 0.05) is 45.7 Å². The topological polar surface area (TPSA) is 50.5 Å². The summed E-state index contributed by atoms with van der Waals surface area (Å²) < 4.78 is 3.55. The highest BCUT2D eigenvalue weighted by Gasteiger charge is 2.23. The van der Waals surface area contributed by atoms with Gasteiger partial charge in [-0.05, 0) is 30.7 Å². The first-order chi connectivity index (χ1) is 14.6. The second-order valence-electron chi connectivity index (χ2n) is 7.64. The van der Waals surface area contributed by atoms with Gasteiger partial charge in [-0.1, -0.05) is 42.8 Å². The van der Waals surface area contributed by atoms with Crippen molar-refractivity contribution in [1.29, 1.82) is 0 Å². The number of benzene rings is 2. The molecule has 0 N–H and O–H groups in total. The van der Waals surface area contributed by atoms with Crippen molar-refractivity contribution in [3.05, 3.63) is 64.0 Å². The van der Waals surface area contributed by atoms with Crippen molar-refractivity contribution in [1.82, 2.24) is 14.0 Å². The molecule has 1 saturated heterocycles. The number of carbonyl (C=O) groups is 1. The molecule has 0 unspecified atom stereocenters. The first-order valence-electron chi connectivity index (χ1n) is 10.6. The molecular weight excluding hydrogens is 400 g/mol. The Morgan fingerprint density at radius 3 is 2.13 bits per heavy atom. The van der Waals surface area contributed by atoms with Crippen molar-refractivity contribution < 1.29 is 4.79 Å². The number of para-hydroxylation sites is 3. The maximum absolute atomic E-state index is 12.9. The van der Waals surface area contributed by atoms with Crippen LogP contribution in [0.1, 0.15) is 19.8 Å². The summed E-state index contributed by atoms with van der Waals surface area (Å²) in [6, 6.07) is 15.6. The molecule has 7 heteroatoms. The van der Waals surface area contributed by atoms with Gasteiger partial charge >= 0.3 is 5.69 Å². The van der Waals surface area contributed by atoms with Crippen molar-refractivity contribution in [3.63, 3.8) is 0 Å². The van der Waals surface area contributed by atoms with Crippen LogP contribution < -0.4 is 10.6 Å². The zero-order valence-corrected chi connectivity index (χ0v) is 18.0. The molecule has 2 heterocycles. The van der Waals surface area contributed by atoms with Gasteiger partial charge in [0.2, 0.25) is 5.91 Å². The van der Waals surface area contributed by atoms with E-state index < -0.39 is 0 Å². The molecule has 0 aliphatic carbocycles. The van der Waals surface area contributed by atoms with Crippen molar-refractivity contribution in [3.8, 4) is 0 Å². The molecule has 158 valence electrons. The number of anilines is 1. The van der Waals surface area contributed by atoms with E-state index in [-0.39, 0.29) is 11.6 Å². The second-order valence-corrected chi connectivity index (χ2v) is 8.05. The highest BCUT2D eigenvalue weighted by molar-refractivity contribution is 6.33. The predicted molar refractivity (Wildman–Crippen MR) is 121 cm³/mol. The molecule has 1 amide bonds. The zero-order valence-electron chi connectivity index (χ0n) is 17.3. The number of aromatic nitrogens is 2. The Kier molecular flexibility index (Phi) is 6.13. The third-order valence-corrected chi connectivity index (χ3v) is 6.07. The van der Waals surface area contributed by atoms with E-state index in [9.17, 15) is 9.59 Å². The highest BCUT2D eigenvalue weighted by atomic mass is 35.5. The van der Waals surface area contributed by atoms with Crippen LogP contribution in [-0.4, -0.2) is 46.1 Å². The number of hydrogen-bond donors (Lipinski definition) is 0. The third-order valence-electron chi connectivity index (χ3n) is 5.75. The Hall–Kier alpha value is -2.73. The van der Waals surface area contributed by atoms with Crippen molar-refractivity contribution in [2.45, 2.75) is 32.9 Å². The summed E-state index contributed by atoms with van der Waals surface area (Å²) in [4.78, 5) is 29.8. The van der Waals surface area contributed by atoms with E-state index in [4.69, 9.17) is 11.6 Å². The van der Waals surface area contributed by atoms with Gasteiger partial charge in [0.05, 0.1) is 21.7 Å². The van der Waals surface area contributed by atoms with Gasteiger partial charge in [0.25, 0.3) is 0 Å². The summed E-state index contributed by atoms with van der Waals surface area (Å²) in [5, 5.41) is 0.736. The van der Waals surface area contributed by atoms with Crippen LogP contribution in [0, 0.1) is 0 Å². The summed E-state index contributed by atoms with van der Waals surface area (Å²) in [6.07, 6.45) is 1.22.